The SMILES string of the molecule is Fc1cccc(CCCOc2ccccc2)c1Nc1ncccn1. The van der Waals surface area contributed by atoms with Gasteiger partial charge in [-0.15, -0.1) is 0 Å². The molecule has 0 aliphatic heterocycles. The maximum absolute atomic E-state index is 14.2. The van der Waals surface area contributed by atoms with E-state index >= 15 is 0 Å². The molecular formula is C19H18FN3O. The molecule has 0 amide bonds. The van der Waals surface area contributed by atoms with E-state index in [1.807, 2.05) is 36.4 Å². The van der Waals surface area contributed by atoms with E-state index in [9.17, 15) is 4.39 Å². The molecule has 0 aliphatic carbocycles. The van der Waals surface area contributed by atoms with Gasteiger partial charge in [0.15, 0.2) is 0 Å². The van der Waals surface area contributed by atoms with E-state index in [0.717, 1.165) is 17.7 Å². The molecule has 4 nitrogen and oxygen atoms in total. The van der Waals surface area contributed by atoms with E-state index in [2.05, 4.69) is 15.3 Å². The van der Waals surface area contributed by atoms with Gasteiger partial charge in [-0.25, -0.2) is 14.4 Å². The first kappa shape index (κ1) is 15.9. The standard InChI is InChI=1S/C19H18FN3O/c20-17-11-4-7-15(18(17)23-19-21-12-6-13-22-19)8-5-14-24-16-9-2-1-3-10-16/h1-4,6-7,9-13H,5,8,14H2,(H,21,22,23). The van der Waals surface area contributed by atoms with Gasteiger partial charge in [-0.1, -0.05) is 30.3 Å². The van der Waals surface area contributed by atoms with Gasteiger partial charge in [-0.05, 0) is 42.7 Å². The van der Waals surface area contributed by atoms with Crippen molar-refractivity contribution >= 4 is 11.6 Å². The fraction of sp³-hybridized carbons (Fsp3) is 0.158. The van der Waals surface area contributed by atoms with Gasteiger partial charge < -0.3 is 10.1 Å². The van der Waals surface area contributed by atoms with Crippen molar-refractivity contribution in [1.29, 1.82) is 0 Å². The zero-order valence-electron chi connectivity index (χ0n) is 13.2. The average Bonchev–Trinajstić information content (AvgIpc) is 2.63. The highest BCUT2D eigenvalue weighted by Gasteiger charge is 2.09. The third-order valence-corrected chi connectivity index (χ3v) is 3.50. The first-order valence-electron chi connectivity index (χ1n) is 7.82. The van der Waals surface area contributed by atoms with Crippen LogP contribution in [0.1, 0.15) is 12.0 Å². The fourth-order valence-electron chi connectivity index (χ4n) is 2.36. The number of hydrogen-bond acceptors (Lipinski definition) is 4. The maximum atomic E-state index is 14.2. The molecule has 0 aliphatic rings. The van der Waals surface area contributed by atoms with E-state index in [-0.39, 0.29) is 5.82 Å². The highest BCUT2D eigenvalue weighted by molar-refractivity contribution is 5.59. The minimum Gasteiger partial charge on any atom is -0.494 e. The topological polar surface area (TPSA) is 47.0 Å². The normalized spacial score (nSPS) is 10.4. The van der Waals surface area contributed by atoms with Gasteiger partial charge in [0.2, 0.25) is 5.95 Å². The lowest BCUT2D eigenvalue weighted by Crippen LogP contribution is -2.04. The van der Waals surface area contributed by atoms with Crippen molar-refractivity contribution in [3.63, 3.8) is 0 Å². The van der Waals surface area contributed by atoms with Crippen LogP contribution in [0.4, 0.5) is 16.0 Å². The summed E-state index contributed by atoms with van der Waals surface area (Å²) >= 11 is 0. The Labute approximate surface area is 140 Å². The number of ether oxygens (including phenoxy) is 1. The summed E-state index contributed by atoms with van der Waals surface area (Å²) < 4.78 is 19.8. The van der Waals surface area contributed by atoms with E-state index in [4.69, 9.17) is 4.74 Å². The highest BCUT2D eigenvalue weighted by Crippen LogP contribution is 2.24. The average molecular weight is 323 g/mol. The lowest BCUT2D eigenvalue weighted by Gasteiger charge is -2.12. The summed E-state index contributed by atoms with van der Waals surface area (Å²) in [6.07, 6.45) is 4.70. The summed E-state index contributed by atoms with van der Waals surface area (Å²) in [6.45, 7) is 0.571. The molecule has 0 fully saturated rings. The predicted octanol–water partition coefficient (Wildman–Crippen LogP) is 4.37. The lowest BCUT2D eigenvalue weighted by atomic mass is 10.1. The van der Waals surface area contributed by atoms with Crippen LogP contribution >= 0.6 is 0 Å². The Morgan fingerprint density at radius 2 is 1.71 bits per heavy atom. The summed E-state index contributed by atoms with van der Waals surface area (Å²) in [5, 5.41) is 2.96. The van der Waals surface area contributed by atoms with E-state index in [0.29, 0.717) is 24.7 Å². The van der Waals surface area contributed by atoms with Crippen molar-refractivity contribution in [3.05, 3.63) is 78.4 Å². The van der Waals surface area contributed by atoms with Crippen molar-refractivity contribution in [1.82, 2.24) is 9.97 Å². The van der Waals surface area contributed by atoms with Gasteiger partial charge in [-0.3, -0.25) is 0 Å². The van der Waals surface area contributed by atoms with Crippen molar-refractivity contribution < 1.29 is 9.13 Å². The molecule has 3 rings (SSSR count). The Morgan fingerprint density at radius 3 is 2.50 bits per heavy atom. The molecule has 0 atom stereocenters. The van der Waals surface area contributed by atoms with Crippen LogP contribution < -0.4 is 10.1 Å². The fourth-order valence-corrected chi connectivity index (χ4v) is 2.36. The monoisotopic (exact) mass is 323 g/mol. The number of benzene rings is 2. The number of anilines is 2. The number of aromatic nitrogens is 2. The molecule has 0 saturated carbocycles. The Kier molecular flexibility index (Phi) is 5.35. The number of nitrogens with zero attached hydrogens (tertiary/aromatic N) is 2. The largest absolute Gasteiger partial charge is 0.494 e. The second-order valence-electron chi connectivity index (χ2n) is 5.24. The number of hydrogen-bond donors (Lipinski definition) is 1. The molecule has 0 unspecified atom stereocenters. The number of para-hydroxylation sites is 2. The van der Waals surface area contributed by atoms with Gasteiger partial charge in [0.25, 0.3) is 0 Å². The number of halogens is 1. The summed E-state index contributed by atoms with van der Waals surface area (Å²) in [6, 6.07) is 16.4. The summed E-state index contributed by atoms with van der Waals surface area (Å²) in [7, 11) is 0. The number of rotatable bonds is 7. The Hall–Kier alpha value is -2.95. The molecule has 5 heteroatoms. The van der Waals surface area contributed by atoms with E-state index < -0.39 is 0 Å². The predicted molar refractivity (Wildman–Crippen MR) is 92.0 cm³/mol. The first-order valence-corrected chi connectivity index (χ1v) is 7.82. The minimum atomic E-state index is -0.316. The van der Waals surface area contributed by atoms with Crippen LogP contribution in [0.25, 0.3) is 0 Å². The molecule has 0 bridgehead atoms. The van der Waals surface area contributed by atoms with Crippen molar-refractivity contribution in [3.8, 4) is 5.75 Å². The molecule has 1 heterocycles. The van der Waals surface area contributed by atoms with Gasteiger partial charge in [0.05, 0.1) is 12.3 Å². The third kappa shape index (κ3) is 4.29. The summed E-state index contributed by atoms with van der Waals surface area (Å²) in [5.41, 5.74) is 1.29. The number of aryl methyl sites for hydroxylation is 1. The second kappa shape index (κ2) is 8.06. The molecule has 1 aromatic heterocycles. The molecular weight excluding hydrogens is 305 g/mol. The number of nitrogens with one attached hydrogen (secondary N) is 1. The third-order valence-electron chi connectivity index (χ3n) is 3.50. The van der Waals surface area contributed by atoms with Gasteiger partial charge >= 0.3 is 0 Å². The van der Waals surface area contributed by atoms with E-state index in [1.54, 1.807) is 24.5 Å². The van der Waals surface area contributed by atoms with Crippen LogP contribution in [-0.4, -0.2) is 16.6 Å². The molecule has 0 spiro atoms. The van der Waals surface area contributed by atoms with Crippen molar-refractivity contribution in [2.24, 2.45) is 0 Å². The molecule has 122 valence electrons. The highest BCUT2D eigenvalue weighted by atomic mass is 19.1. The van der Waals surface area contributed by atoms with Crippen molar-refractivity contribution in [2.75, 3.05) is 11.9 Å². The summed E-state index contributed by atoms with van der Waals surface area (Å²) in [5.74, 6) is 0.904. The Morgan fingerprint density at radius 1 is 0.917 bits per heavy atom. The second-order valence-corrected chi connectivity index (χ2v) is 5.24. The molecule has 0 radical (unpaired) electrons. The van der Waals surface area contributed by atoms with Crippen LogP contribution in [0.3, 0.4) is 0 Å². The Balaban J connectivity index is 1.62. The first-order chi connectivity index (χ1) is 11.8. The van der Waals surface area contributed by atoms with Gasteiger partial charge in [-0.2, -0.15) is 0 Å². The van der Waals surface area contributed by atoms with Crippen LogP contribution in [0.5, 0.6) is 5.75 Å². The molecule has 1 N–H and O–H groups in total. The molecule has 3 aromatic rings. The lowest BCUT2D eigenvalue weighted by molar-refractivity contribution is 0.311. The van der Waals surface area contributed by atoms with Crippen LogP contribution in [-0.2, 0) is 6.42 Å². The van der Waals surface area contributed by atoms with Crippen molar-refractivity contribution in [2.45, 2.75) is 12.8 Å². The van der Waals surface area contributed by atoms with Crippen LogP contribution in [0.2, 0.25) is 0 Å². The van der Waals surface area contributed by atoms with Gasteiger partial charge in [0.1, 0.15) is 11.6 Å². The Bertz CT molecular complexity index is 766. The minimum absolute atomic E-state index is 0.316. The quantitative estimate of drug-likeness (QED) is 0.656. The smallest absolute Gasteiger partial charge is 0.227 e. The van der Waals surface area contributed by atoms with Gasteiger partial charge in [0, 0.05) is 12.4 Å². The molecule has 0 saturated heterocycles. The maximum Gasteiger partial charge on any atom is 0.227 e. The van der Waals surface area contributed by atoms with E-state index in [1.165, 1.54) is 6.07 Å². The zero-order chi connectivity index (χ0) is 16.6. The summed E-state index contributed by atoms with van der Waals surface area (Å²) in [4.78, 5) is 8.16. The molecule has 2 aromatic carbocycles. The zero-order valence-corrected chi connectivity index (χ0v) is 13.2. The van der Waals surface area contributed by atoms with Crippen LogP contribution in [0, 0.1) is 5.82 Å². The van der Waals surface area contributed by atoms with Crippen LogP contribution in [0.15, 0.2) is 67.0 Å². The molecule has 24 heavy (non-hydrogen) atoms.